The zero-order valence-electron chi connectivity index (χ0n) is 20.8. The molecular weight excluding hydrogens is 462 g/mol. The van der Waals surface area contributed by atoms with Crippen LogP contribution in [0.5, 0.6) is 5.75 Å². The number of aliphatic hydroxyl groups is 1. The van der Waals surface area contributed by atoms with Crippen LogP contribution in [-0.2, 0) is 11.2 Å². The van der Waals surface area contributed by atoms with Crippen molar-refractivity contribution in [3.63, 3.8) is 0 Å². The quantitative estimate of drug-likeness (QED) is 0.482. The molecule has 11 heteroatoms. The number of hydrogen-bond donors (Lipinski definition) is 3. The summed E-state index contributed by atoms with van der Waals surface area (Å²) in [5.74, 6) is 0.260. The average molecular weight is 496 g/mol. The van der Waals surface area contributed by atoms with E-state index >= 15 is 0 Å². The molecule has 0 spiro atoms. The number of carbonyl (C=O) groups is 2. The van der Waals surface area contributed by atoms with Crippen LogP contribution in [0.4, 0.5) is 11.4 Å². The number of nitrogens with one attached hydrogen (secondary N) is 1. The predicted octanol–water partition coefficient (Wildman–Crippen LogP) is 1.30. The number of hydrogen-bond acceptors (Lipinski definition) is 8. The summed E-state index contributed by atoms with van der Waals surface area (Å²) in [4.78, 5) is 32.9. The number of primary amides is 1. The third-order valence-corrected chi connectivity index (χ3v) is 5.88. The Morgan fingerprint density at radius 3 is 2.67 bits per heavy atom. The number of nitrogens with two attached hydrogens (primary N) is 1. The highest BCUT2D eigenvalue weighted by atomic mass is 16.5. The second kappa shape index (κ2) is 10.9. The molecule has 4 N–H and O–H groups in total. The first kappa shape index (κ1) is 25.4. The van der Waals surface area contributed by atoms with Crippen molar-refractivity contribution in [1.82, 2.24) is 19.5 Å². The van der Waals surface area contributed by atoms with Crippen LogP contribution in [0.2, 0.25) is 0 Å². The van der Waals surface area contributed by atoms with E-state index in [1.165, 1.54) is 6.20 Å². The molecule has 0 aliphatic carbocycles. The molecule has 0 bridgehead atoms. The number of rotatable bonds is 5. The van der Waals surface area contributed by atoms with Gasteiger partial charge in [0.05, 0.1) is 24.1 Å². The first-order valence-corrected chi connectivity index (χ1v) is 12.1. The van der Waals surface area contributed by atoms with Crippen molar-refractivity contribution in [3.8, 4) is 5.75 Å². The summed E-state index contributed by atoms with van der Waals surface area (Å²) in [5, 5.41) is 15.3. The molecule has 1 aromatic carbocycles. The summed E-state index contributed by atoms with van der Waals surface area (Å²) in [5.41, 5.74) is 8.95. The van der Waals surface area contributed by atoms with Gasteiger partial charge in [-0.15, -0.1) is 0 Å². The van der Waals surface area contributed by atoms with Crippen LogP contribution in [0.3, 0.4) is 0 Å². The second-order valence-electron chi connectivity index (χ2n) is 9.33. The predicted molar refractivity (Wildman–Crippen MR) is 136 cm³/mol. The van der Waals surface area contributed by atoms with Crippen LogP contribution in [0, 0.1) is 0 Å². The van der Waals surface area contributed by atoms with Gasteiger partial charge in [-0.05, 0) is 32.9 Å². The standard InChI is InChI=1S/C22H25N7O3.C3H8O/c1-14-9-15-10-17(26-22(31)16-12-25-29-4-2-3-24-21(16)29)18(11-19(15)32-14)28-7-5-27(6-8-28)13-20(23)30;1-3(2)4/h2-4,10-12,14H,5-9,13H2,1H3,(H2,23,30)(H,26,31);3-4H,1-2H3. The van der Waals surface area contributed by atoms with Gasteiger partial charge in [0.1, 0.15) is 17.4 Å². The molecule has 36 heavy (non-hydrogen) atoms. The number of benzene rings is 1. The number of aliphatic hydroxyl groups excluding tert-OH is 1. The number of anilines is 2. The van der Waals surface area contributed by atoms with Crippen molar-refractivity contribution in [2.24, 2.45) is 5.73 Å². The van der Waals surface area contributed by atoms with E-state index in [1.807, 2.05) is 24.0 Å². The molecule has 192 valence electrons. The molecule has 2 aromatic heterocycles. The van der Waals surface area contributed by atoms with E-state index in [-0.39, 0.29) is 30.6 Å². The fourth-order valence-corrected chi connectivity index (χ4v) is 4.36. The summed E-state index contributed by atoms with van der Waals surface area (Å²) in [6.45, 7) is 8.58. The second-order valence-corrected chi connectivity index (χ2v) is 9.33. The Bertz CT molecular complexity index is 1230. The highest BCUT2D eigenvalue weighted by Crippen LogP contribution is 2.39. The molecule has 0 radical (unpaired) electrons. The Hall–Kier alpha value is -3.70. The van der Waals surface area contributed by atoms with Crippen molar-refractivity contribution in [3.05, 3.63) is 47.9 Å². The van der Waals surface area contributed by atoms with E-state index in [4.69, 9.17) is 15.6 Å². The summed E-state index contributed by atoms with van der Waals surface area (Å²) >= 11 is 0. The van der Waals surface area contributed by atoms with E-state index < -0.39 is 0 Å². The zero-order valence-corrected chi connectivity index (χ0v) is 20.8. The molecule has 1 saturated heterocycles. The van der Waals surface area contributed by atoms with Crippen LogP contribution >= 0.6 is 0 Å². The summed E-state index contributed by atoms with van der Waals surface area (Å²) in [6.07, 6.45) is 5.64. The third-order valence-electron chi connectivity index (χ3n) is 5.88. The molecule has 11 nitrogen and oxygen atoms in total. The normalized spacial score (nSPS) is 17.4. The zero-order chi connectivity index (χ0) is 25.8. The van der Waals surface area contributed by atoms with Gasteiger partial charge < -0.3 is 25.8 Å². The molecule has 2 aliphatic heterocycles. The van der Waals surface area contributed by atoms with Crippen LogP contribution in [0.25, 0.3) is 5.65 Å². The van der Waals surface area contributed by atoms with Crippen LogP contribution in [0.15, 0.2) is 36.8 Å². The molecular formula is C25H33N7O4. The minimum absolute atomic E-state index is 0.0973. The van der Waals surface area contributed by atoms with E-state index in [0.29, 0.717) is 37.4 Å². The minimum atomic E-state index is -0.326. The molecule has 5 rings (SSSR count). The van der Waals surface area contributed by atoms with Crippen LogP contribution < -0.4 is 20.7 Å². The number of fused-ring (bicyclic) bond motifs is 2. The highest BCUT2D eigenvalue weighted by Gasteiger charge is 2.27. The highest BCUT2D eigenvalue weighted by molar-refractivity contribution is 6.09. The van der Waals surface area contributed by atoms with Crippen molar-refractivity contribution < 1.29 is 19.4 Å². The maximum Gasteiger partial charge on any atom is 0.261 e. The van der Waals surface area contributed by atoms with Gasteiger partial charge in [-0.2, -0.15) is 5.10 Å². The first-order chi connectivity index (χ1) is 17.2. The molecule has 1 unspecified atom stereocenters. The van der Waals surface area contributed by atoms with E-state index in [0.717, 1.165) is 29.1 Å². The lowest BCUT2D eigenvalue weighted by atomic mass is 10.1. The fourth-order valence-electron chi connectivity index (χ4n) is 4.36. The van der Waals surface area contributed by atoms with Gasteiger partial charge in [0.25, 0.3) is 5.91 Å². The van der Waals surface area contributed by atoms with Gasteiger partial charge in [0.2, 0.25) is 5.91 Å². The fraction of sp³-hybridized carbons (Fsp3) is 0.440. The maximum atomic E-state index is 13.1. The number of amides is 2. The molecule has 4 heterocycles. The van der Waals surface area contributed by atoms with E-state index in [1.54, 1.807) is 36.8 Å². The van der Waals surface area contributed by atoms with Crippen molar-refractivity contribution in [1.29, 1.82) is 0 Å². The van der Waals surface area contributed by atoms with E-state index in [2.05, 4.69) is 20.3 Å². The van der Waals surface area contributed by atoms with Gasteiger partial charge in [-0.1, -0.05) is 0 Å². The van der Waals surface area contributed by atoms with Gasteiger partial charge in [-0.3, -0.25) is 14.5 Å². The monoisotopic (exact) mass is 495 g/mol. The molecule has 2 aliphatic rings. The summed E-state index contributed by atoms with van der Waals surface area (Å²) < 4.78 is 7.54. The first-order valence-electron chi connectivity index (χ1n) is 12.1. The van der Waals surface area contributed by atoms with Gasteiger partial charge in [0, 0.05) is 62.7 Å². The van der Waals surface area contributed by atoms with Crippen LogP contribution in [0.1, 0.15) is 36.7 Å². The number of nitrogens with zero attached hydrogens (tertiary/aromatic N) is 5. The molecule has 0 saturated carbocycles. The maximum absolute atomic E-state index is 13.1. The third kappa shape index (κ3) is 5.92. The number of piperazine rings is 1. The van der Waals surface area contributed by atoms with Crippen LogP contribution in [-0.4, -0.2) is 81.4 Å². The van der Waals surface area contributed by atoms with Crippen molar-refractivity contribution in [2.75, 3.05) is 42.9 Å². The number of ether oxygens (including phenoxy) is 1. The van der Waals surface area contributed by atoms with Gasteiger partial charge in [-0.25, -0.2) is 9.50 Å². The van der Waals surface area contributed by atoms with Crippen molar-refractivity contribution >= 4 is 28.8 Å². The Morgan fingerprint density at radius 2 is 1.97 bits per heavy atom. The Morgan fingerprint density at radius 1 is 1.25 bits per heavy atom. The van der Waals surface area contributed by atoms with E-state index in [9.17, 15) is 9.59 Å². The SMILES string of the molecule is CC(C)O.CC1Cc2cc(NC(=O)c3cnn4cccnc34)c(N3CCN(CC(N)=O)CC3)cc2O1. The number of carbonyl (C=O) groups excluding carboxylic acids is 2. The van der Waals surface area contributed by atoms with Crippen molar-refractivity contribution in [2.45, 2.75) is 39.4 Å². The summed E-state index contributed by atoms with van der Waals surface area (Å²) in [6, 6.07) is 5.77. The molecule has 2 amide bonds. The number of aromatic nitrogens is 3. The molecule has 3 aromatic rings. The topological polar surface area (TPSA) is 138 Å². The lowest BCUT2D eigenvalue weighted by molar-refractivity contribution is -0.119. The Labute approximate surface area is 209 Å². The lowest BCUT2D eigenvalue weighted by Crippen LogP contribution is -2.49. The smallest absolute Gasteiger partial charge is 0.261 e. The minimum Gasteiger partial charge on any atom is -0.490 e. The largest absolute Gasteiger partial charge is 0.490 e. The lowest BCUT2D eigenvalue weighted by Gasteiger charge is -2.36. The van der Waals surface area contributed by atoms with Gasteiger partial charge >= 0.3 is 0 Å². The Kier molecular flexibility index (Phi) is 7.70. The molecule has 1 fully saturated rings. The van der Waals surface area contributed by atoms with Gasteiger partial charge in [0.15, 0.2) is 5.65 Å². The molecule has 1 atom stereocenters. The Balaban J connectivity index is 0.000000709. The average Bonchev–Trinajstić information content (AvgIpc) is 3.40. The summed E-state index contributed by atoms with van der Waals surface area (Å²) in [7, 11) is 0.